The molecule has 0 aliphatic heterocycles. The van der Waals surface area contributed by atoms with E-state index in [1.165, 1.54) is 19.1 Å². The van der Waals surface area contributed by atoms with Crippen molar-refractivity contribution in [1.82, 2.24) is 5.32 Å². The number of hydrogen-bond donors (Lipinski definition) is 2. The van der Waals surface area contributed by atoms with Crippen LogP contribution in [0.25, 0.3) is 0 Å². The highest BCUT2D eigenvalue weighted by Crippen LogP contribution is 2.25. The summed E-state index contributed by atoms with van der Waals surface area (Å²) in [7, 11) is 0. The van der Waals surface area contributed by atoms with Gasteiger partial charge >= 0.3 is 5.97 Å². The van der Waals surface area contributed by atoms with E-state index in [0.29, 0.717) is 6.54 Å². The van der Waals surface area contributed by atoms with E-state index in [1.807, 2.05) is 13.8 Å². The first-order chi connectivity index (χ1) is 8.29. The summed E-state index contributed by atoms with van der Waals surface area (Å²) in [5, 5.41) is 12.0. The lowest BCUT2D eigenvalue weighted by atomic mass is 9.91. The van der Waals surface area contributed by atoms with Gasteiger partial charge < -0.3 is 5.11 Å². The van der Waals surface area contributed by atoms with Crippen molar-refractivity contribution in [3.8, 4) is 0 Å². The van der Waals surface area contributed by atoms with Gasteiger partial charge in [-0.25, -0.2) is 13.6 Å². The summed E-state index contributed by atoms with van der Waals surface area (Å²) in [5.74, 6) is -3.22. The molecule has 0 bridgehead atoms. The van der Waals surface area contributed by atoms with Gasteiger partial charge in [-0.05, 0) is 25.5 Å². The molecule has 1 unspecified atom stereocenters. The third kappa shape index (κ3) is 2.85. The number of aliphatic carboxylic acids is 1. The van der Waals surface area contributed by atoms with Gasteiger partial charge in [0.2, 0.25) is 0 Å². The van der Waals surface area contributed by atoms with Crippen LogP contribution in [0.4, 0.5) is 8.78 Å². The Hall–Kier alpha value is -1.49. The SMILES string of the molecule is CC(C)CNC(C)(C(=O)O)c1cccc(F)c1F. The van der Waals surface area contributed by atoms with E-state index in [9.17, 15) is 18.7 Å². The number of carboxylic acids is 1. The highest BCUT2D eigenvalue weighted by Gasteiger charge is 2.37. The molecule has 0 aromatic heterocycles. The Morgan fingerprint density at radius 3 is 2.56 bits per heavy atom. The Morgan fingerprint density at radius 1 is 1.44 bits per heavy atom. The fourth-order valence-corrected chi connectivity index (χ4v) is 1.58. The van der Waals surface area contributed by atoms with Crippen molar-refractivity contribution >= 4 is 5.97 Å². The molecule has 1 rings (SSSR count). The van der Waals surface area contributed by atoms with Gasteiger partial charge in [-0.2, -0.15) is 0 Å². The molecule has 0 aliphatic carbocycles. The van der Waals surface area contributed by atoms with Crippen LogP contribution in [0.5, 0.6) is 0 Å². The normalized spacial score (nSPS) is 14.6. The van der Waals surface area contributed by atoms with Gasteiger partial charge in [0, 0.05) is 5.56 Å². The summed E-state index contributed by atoms with van der Waals surface area (Å²) in [6.07, 6.45) is 0. The van der Waals surface area contributed by atoms with Crippen LogP contribution >= 0.6 is 0 Å². The predicted octanol–water partition coefficient (Wildman–Crippen LogP) is 2.51. The van der Waals surface area contributed by atoms with Crippen LogP contribution in [-0.2, 0) is 10.3 Å². The number of rotatable bonds is 5. The maximum Gasteiger partial charge on any atom is 0.328 e. The molecule has 0 radical (unpaired) electrons. The highest BCUT2D eigenvalue weighted by atomic mass is 19.2. The van der Waals surface area contributed by atoms with Crippen LogP contribution < -0.4 is 5.32 Å². The number of halogens is 2. The average Bonchev–Trinajstić information content (AvgIpc) is 2.29. The molecule has 1 aromatic rings. The van der Waals surface area contributed by atoms with Crippen LogP contribution in [0.15, 0.2) is 18.2 Å². The molecule has 0 saturated heterocycles. The summed E-state index contributed by atoms with van der Waals surface area (Å²) < 4.78 is 26.9. The summed E-state index contributed by atoms with van der Waals surface area (Å²) in [4.78, 5) is 11.3. The molecule has 100 valence electrons. The molecular formula is C13H17F2NO2. The van der Waals surface area contributed by atoms with E-state index in [-0.39, 0.29) is 11.5 Å². The number of hydrogen-bond acceptors (Lipinski definition) is 2. The zero-order chi connectivity index (χ0) is 13.9. The van der Waals surface area contributed by atoms with Crippen molar-refractivity contribution in [2.75, 3.05) is 6.54 Å². The van der Waals surface area contributed by atoms with Crippen molar-refractivity contribution < 1.29 is 18.7 Å². The maximum absolute atomic E-state index is 13.7. The Kier molecular flexibility index (Phi) is 4.40. The lowest BCUT2D eigenvalue weighted by Crippen LogP contribution is -2.48. The van der Waals surface area contributed by atoms with Crippen LogP contribution in [-0.4, -0.2) is 17.6 Å². The van der Waals surface area contributed by atoms with Crippen molar-refractivity contribution in [3.05, 3.63) is 35.4 Å². The first-order valence-corrected chi connectivity index (χ1v) is 5.72. The maximum atomic E-state index is 13.7. The summed E-state index contributed by atoms with van der Waals surface area (Å²) >= 11 is 0. The molecule has 0 aliphatic rings. The summed E-state index contributed by atoms with van der Waals surface area (Å²) in [6.45, 7) is 5.52. The fraction of sp³-hybridized carbons (Fsp3) is 0.462. The molecule has 0 spiro atoms. The minimum Gasteiger partial charge on any atom is -0.480 e. The predicted molar refractivity (Wildman–Crippen MR) is 64.2 cm³/mol. The zero-order valence-corrected chi connectivity index (χ0v) is 10.6. The van der Waals surface area contributed by atoms with Gasteiger partial charge in [-0.3, -0.25) is 5.32 Å². The van der Waals surface area contributed by atoms with Crippen molar-refractivity contribution in [2.45, 2.75) is 26.3 Å². The Bertz CT molecular complexity index is 449. The molecule has 0 amide bonds. The summed E-state index contributed by atoms with van der Waals surface area (Å²) in [5.41, 5.74) is -1.84. The van der Waals surface area contributed by atoms with Gasteiger partial charge in [0.15, 0.2) is 11.6 Å². The largest absolute Gasteiger partial charge is 0.480 e. The first-order valence-electron chi connectivity index (χ1n) is 5.72. The van der Waals surface area contributed by atoms with E-state index in [0.717, 1.165) is 6.07 Å². The van der Waals surface area contributed by atoms with Crippen LogP contribution in [0.2, 0.25) is 0 Å². The Morgan fingerprint density at radius 2 is 2.06 bits per heavy atom. The quantitative estimate of drug-likeness (QED) is 0.852. The molecule has 18 heavy (non-hydrogen) atoms. The highest BCUT2D eigenvalue weighted by molar-refractivity contribution is 5.80. The minimum atomic E-state index is -1.64. The van der Waals surface area contributed by atoms with Crippen molar-refractivity contribution in [1.29, 1.82) is 0 Å². The third-order valence-electron chi connectivity index (χ3n) is 2.78. The van der Waals surface area contributed by atoms with Gasteiger partial charge in [-0.15, -0.1) is 0 Å². The molecule has 0 fully saturated rings. The van der Waals surface area contributed by atoms with E-state index in [1.54, 1.807) is 0 Å². The second-order valence-electron chi connectivity index (χ2n) is 4.81. The minimum absolute atomic E-state index is 0.195. The molecule has 0 saturated carbocycles. The second kappa shape index (κ2) is 5.44. The van der Waals surface area contributed by atoms with Crippen molar-refractivity contribution in [2.24, 2.45) is 5.92 Å². The van der Waals surface area contributed by atoms with E-state index in [2.05, 4.69) is 5.32 Å². The standard InChI is InChI=1S/C13H17F2NO2/c1-8(2)7-16-13(3,12(17)18)9-5-4-6-10(14)11(9)15/h4-6,8,16H,7H2,1-3H3,(H,17,18). The summed E-state index contributed by atoms with van der Waals surface area (Å²) in [6, 6.07) is 3.54. The van der Waals surface area contributed by atoms with E-state index in [4.69, 9.17) is 0 Å². The molecule has 0 heterocycles. The van der Waals surface area contributed by atoms with Gasteiger partial charge in [0.05, 0.1) is 0 Å². The van der Waals surface area contributed by atoms with E-state index >= 15 is 0 Å². The van der Waals surface area contributed by atoms with E-state index < -0.39 is 23.1 Å². The molecule has 1 atom stereocenters. The number of carboxylic acid groups (broad SMARTS) is 1. The average molecular weight is 257 g/mol. The third-order valence-corrected chi connectivity index (χ3v) is 2.78. The smallest absolute Gasteiger partial charge is 0.328 e. The first kappa shape index (κ1) is 14.6. The second-order valence-corrected chi connectivity index (χ2v) is 4.81. The number of benzene rings is 1. The number of carbonyl (C=O) groups is 1. The Labute approximate surface area is 105 Å². The van der Waals surface area contributed by atoms with Crippen LogP contribution in [0, 0.1) is 17.6 Å². The monoisotopic (exact) mass is 257 g/mol. The van der Waals surface area contributed by atoms with Gasteiger partial charge in [0.25, 0.3) is 0 Å². The lowest BCUT2D eigenvalue weighted by molar-refractivity contribution is -0.144. The zero-order valence-electron chi connectivity index (χ0n) is 10.6. The van der Waals surface area contributed by atoms with Gasteiger partial charge in [0.1, 0.15) is 5.54 Å². The van der Waals surface area contributed by atoms with Gasteiger partial charge in [-0.1, -0.05) is 26.0 Å². The Balaban J connectivity index is 3.19. The topological polar surface area (TPSA) is 49.3 Å². The molecule has 2 N–H and O–H groups in total. The van der Waals surface area contributed by atoms with Crippen molar-refractivity contribution in [3.63, 3.8) is 0 Å². The molecular weight excluding hydrogens is 240 g/mol. The molecule has 1 aromatic carbocycles. The van der Waals surface area contributed by atoms with Crippen LogP contribution in [0.1, 0.15) is 26.3 Å². The number of nitrogens with one attached hydrogen (secondary N) is 1. The van der Waals surface area contributed by atoms with Crippen LogP contribution in [0.3, 0.4) is 0 Å². The molecule has 3 nitrogen and oxygen atoms in total. The fourth-order valence-electron chi connectivity index (χ4n) is 1.58. The lowest BCUT2D eigenvalue weighted by Gasteiger charge is -2.28. The molecule has 5 heteroatoms.